The van der Waals surface area contributed by atoms with Crippen LogP contribution in [0.4, 0.5) is 5.69 Å². The molecule has 1 saturated heterocycles. The van der Waals surface area contributed by atoms with Gasteiger partial charge in [0.25, 0.3) is 6.47 Å². The maximum absolute atomic E-state index is 10.9. The highest BCUT2D eigenvalue weighted by Crippen LogP contribution is 2.25. The Hall–Kier alpha value is -2.37. The lowest BCUT2D eigenvalue weighted by Gasteiger charge is -2.39. The van der Waals surface area contributed by atoms with Gasteiger partial charge in [0.05, 0.1) is 0 Å². The second-order valence-electron chi connectivity index (χ2n) is 6.22. The van der Waals surface area contributed by atoms with Crippen molar-refractivity contribution in [2.45, 2.75) is 12.6 Å². The summed E-state index contributed by atoms with van der Waals surface area (Å²) in [4.78, 5) is 15.5. The third-order valence-corrected chi connectivity index (χ3v) is 4.65. The molecule has 0 aliphatic carbocycles. The van der Waals surface area contributed by atoms with E-state index >= 15 is 0 Å². The lowest BCUT2D eigenvalue weighted by molar-refractivity contribution is -0.144. The molecule has 1 fully saturated rings. The van der Waals surface area contributed by atoms with Crippen LogP contribution in [-0.2, 0) is 16.0 Å². The van der Waals surface area contributed by atoms with Gasteiger partial charge in [0.2, 0.25) is 0 Å². The average molecular weight is 339 g/mol. The van der Waals surface area contributed by atoms with Gasteiger partial charge in [-0.3, -0.25) is 9.69 Å². The molecule has 0 aromatic heterocycles. The number of carbonyl (C=O) groups is 1. The quantitative estimate of drug-likeness (QED) is 0.784. The van der Waals surface area contributed by atoms with Crippen molar-refractivity contribution >= 4 is 12.2 Å². The van der Waals surface area contributed by atoms with Crippen LogP contribution in [0.25, 0.3) is 0 Å². The largest absolute Gasteiger partial charge is 0.444 e. The highest BCUT2D eigenvalue weighted by molar-refractivity contribution is 5.48. The molecule has 0 amide bonds. The van der Waals surface area contributed by atoms with Crippen LogP contribution in [0.2, 0.25) is 0 Å². The van der Waals surface area contributed by atoms with Gasteiger partial charge in [-0.15, -0.1) is 0 Å². The van der Waals surface area contributed by atoms with E-state index in [9.17, 15) is 4.79 Å². The van der Waals surface area contributed by atoms with Gasteiger partial charge in [0.1, 0.15) is 0 Å². The van der Waals surface area contributed by atoms with E-state index in [0.717, 1.165) is 38.2 Å². The van der Waals surface area contributed by atoms with Gasteiger partial charge in [0.15, 0.2) is 6.23 Å². The van der Waals surface area contributed by atoms with E-state index in [-0.39, 0.29) is 6.23 Å². The number of carbonyl (C=O) groups excluding carboxylic acids is 1. The molecular formula is C20H25N3O2. The van der Waals surface area contributed by atoms with Gasteiger partial charge in [0, 0.05) is 37.4 Å². The predicted molar refractivity (Wildman–Crippen MR) is 99.3 cm³/mol. The van der Waals surface area contributed by atoms with Crippen molar-refractivity contribution in [2.24, 2.45) is 5.73 Å². The van der Waals surface area contributed by atoms with Crippen molar-refractivity contribution in [3.05, 3.63) is 65.7 Å². The molecule has 25 heavy (non-hydrogen) atoms. The molecule has 132 valence electrons. The molecule has 3 rings (SSSR count). The van der Waals surface area contributed by atoms with Crippen molar-refractivity contribution in [1.82, 2.24) is 4.90 Å². The number of ether oxygens (including phenoxy) is 1. The van der Waals surface area contributed by atoms with Crippen LogP contribution in [0.1, 0.15) is 17.4 Å². The summed E-state index contributed by atoms with van der Waals surface area (Å²) in [5.41, 5.74) is 9.11. The Balaban J connectivity index is 1.63. The van der Waals surface area contributed by atoms with Crippen LogP contribution in [0.15, 0.2) is 54.6 Å². The maximum atomic E-state index is 10.9. The number of rotatable bonds is 7. The standard InChI is InChI=1S/C20H25N3O2/c21-11-10-17-6-8-19(9-7-17)22-12-14-23(15-13-22)20(25-16-24)18-4-2-1-3-5-18/h1-9,16,20H,10-15,21H2. The Morgan fingerprint density at radius 1 is 1.00 bits per heavy atom. The number of hydrogen-bond donors (Lipinski definition) is 1. The summed E-state index contributed by atoms with van der Waals surface area (Å²) in [6.45, 7) is 4.72. The summed E-state index contributed by atoms with van der Waals surface area (Å²) in [5.74, 6) is 0. The van der Waals surface area contributed by atoms with Crippen molar-refractivity contribution in [3.63, 3.8) is 0 Å². The zero-order valence-electron chi connectivity index (χ0n) is 14.4. The molecule has 0 saturated carbocycles. The number of nitrogens with zero attached hydrogens (tertiary/aromatic N) is 2. The van der Waals surface area contributed by atoms with Gasteiger partial charge in [-0.25, -0.2) is 0 Å². The van der Waals surface area contributed by atoms with Crippen molar-refractivity contribution in [1.29, 1.82) is 0 Å². The second kappa shape index (κ2) is 8.65. The van der Waals surface area contributed by atoms with E-state index in [4.69, 9.17) is 10.5 Å². The fourth-order valence-corrected chi connectivity index (χ4v) is 3.30. The van der Waals surface area contributed by atoms with Gasteiger partial charge in [-0.2, -0.15) is 0 Å². The zero-order valence-corrected chi connectivity index (χ0v) is 14.4. The van der Waals surface area contributed by atoms with Crippen molar-refractivity contribution < 1.29 is 9.53 Å². The first kappa shape index (κ1) is 17.5. The van der Waals surface area contributed by atoms with Gasteiger partial charge < -0.3 is 15.4 Å². The number of benzene rings is 2. The monoisotopic (exact) mass is 339 g/mol. The highest BCUT2D eigenvalue weighted by atomic mass is 16.5. The lowest BCUT2D eigenvalue weighted by atomic mass is 10.1. The smallest absolute Gasteiger partial charge is 0.294 e. The first-order valence-corrected chi connectivity index (χ1v) is 8.74. The minimum atomic E-state index is -0.312. The molecule has 2 N–H and O–H groups in total. The first-order valence-electron chi connectivity index (χ1n) is 8.74. The van der Waals surface area contributed by atoms with E-state index in [0.29, 0.717) is 13.0 Å². The van der Waals surface area contributed by atoms with Gasteiger partial charge >= 0.3 is 0 Å². The lowest BCUT2D eigenvalue weighted by Crippen LogP contribution is -2.48. The van der Waals surface area contributed by atoms with Crippen LogP contribution >= 0.6 is 0 Å². The third kappa shape index (κ3) is 4.38. The number of piperazine rings is 1. The number of hydrogen-bond acceptors (Lipinski definition) is 5. The number of anilines is 1. The maximum Gasteiger partial charge on any atom is 0.294 e. The minimum absolute atomic E-state index is 0.312. The second-order valence-corrected chi connectivity index (χ2v) is 6.22. The Morgan fingerprint density at radius 2 is 1.68 bits per heavy atom. The van der Waals surface area contributed by atoms with Gasteiger partial charge in [-0.05, 0) is 30.7 Å². The molecule has 1 heterocycles. The summed E-state index contributed by atoms with van der Waals surface area (Å²) < 4.78 is 5.37. The summed E-state index contributed by atoms with van der Waals surface area (Å²) in [6, 6.07) is 18.5. The first-order chi connectivity index (χ1) is 12.3. The predicted octanol–water partition coefficient (Wildman–Crippen LogP) is 2.18. The van der Waals surface area contributed by atoms with E-state index < -0.39 is 0 Å². The Morgan fingerprint density at radius 3 is 2.28 bits per heavy atom. The Bertz CT molecular complexity index is 652. The van der Waals surface area contributed by atoms with Crippen LogP contribution in [0.3, 0.4) is 0 Å². The molecule has 2 aromatic carbocycles. The molecule has 1 atom stereocenters. The van der Waals surface area contributed by atoms with E-state index in [1.165, 1.54) is 11.3 Å². The van der Waals surface area contributed by atoms with Gasteiger partial charge in [-0.1, -0.05) is 42.5 Å². The Kier molecular flexibility index (Phi) is 6.04. The molecule has 0 spiro atoms. The van der Waals surface area contributed by atoms with Crippen LogP contribution < -0.4 is 10.6 Å². The zero-order chi connectivity index (χ0) is 17.5. The van der Waals surface area contributed by atoms with E-state index in [1.54, 1.807) is 0 Å². The normalized spacial score (nSPS) is 16.4. The molecular weight excluding hydrogens is 314 g/mol. The topological polar surface area (TPSA) is 58.8 Å². The van der Waals surface area contributed by atoms with E-state index in [1.807, 2.05) is 30.3 Å². The fourth-order valence-electron chi connectivity index (χ4n) is 3.30. The van der Waals surface area contributed by atoms with Crippen LogP contribution in [0.5, 0.6) is 0 Å². The Labute approximate surface area is 149 Å². The van der Waals surface area contributed by atoms with Crippen LogP contribution in [-0.4, -0.2) is 44.1 Å². The summed E-state index contributed by atoms with van der Waals surface area (Å²) in [6.07, 6.45) is 0.600. The molecule has 1 unspecified atom stereocenters. The van der Waals surface area contributed by atoms with Crippen molar-refractivity contribution in [2.75, 3.05) is 37.6 Å². The van der Waals surface area contributed by atoms with Crippen molar-refractivity contribution in [3.8, 4) is 0 Å². The summed E-state index contributed by atoms with van der Waals surface area (Å²) in [5, 5.41) is 0. The SMILES string of the molecule is NCCc1ccc(N2CCN(C(OC=O)c3ccccc3)CC2)cc1. The molecule has 5 heteroatoms. The fraction of sp³-hybridized carbons (Fsp3) is 0.350. The molecule has 1 aliphatic heterocycles. The van der Waals surface area contributed by atoms with E-state index in [2.05, 4.69) is 34.1 Å². The number of nitrogens with two attached hydrogens (primary N) is 1. The van der Waals surface area contributed by atoms with Crippen LogP contribution in [0, 0.1) is 0 Å². The summed E-state index contributed by atoms with van der Waals surface area (Å²) in [7, 11) is 0. The molecule has 0 radical (unpaired) electrons. The molecule has 5 nitrogen and oxygen atoms in total. The highest BCUT2D eigenvalue weighted by Gasteiger charge is 2.26. The molecule has 2 aromatic rings. The summed E-state index contributed by atoms with van der Waals surface area (Å²) >= 11 is 0. The molecule has 1 aliphatic rings. The third-order valence-electron chi connectivity index (χ3n) is 4.65. The minimum Gasteiger partial charge on any atom is -0.444 e. The average Bonchev–Trinajstić information content (AvgIpc) is 2.68. The molecule has 0 bridgehead atoms.